The van der Waals surface area contributed by atoms with Crippen LogP contribution in [0.1, 0.15) is 30.2 Å². The zero-order valence-electron chi connectivity index (χ0n) is 16.9. The molecule has 2 atom stereocenters. The molecular formula is C26H25N3O. The molecule has 4 rings (SSSR count). The monoisotopic (exact) mass is 395 g/mol. The quantitative estimate of drug-likeness (QED) is 0.452. The highest BCUT2D eigenvalue weighted by Gasteiger charge is 2.17. The summed E-state index contributed by atoms with van der Waals surface area (Å²) in [6.45, 7) is 2.52. The Morgan fingerprint density at radius 1 is 0.800 bits per heavy atom. The summed E-state index contributed by atoms with van der Waals surface area (Å²) in [4.78, 5) is 9.53. The summed E-state index contributed by atoms with van der Waals surface area (Å²) in [5.41, 5.74) is 4.83. The predicted molar refractivity (Wildman–Crippen MR) is 121 cm³/mol. The van der Waals surface area contributed by atoms with Gasteiger partial charge < -0.3 is 10.4 Å². The first-order chi connectivity index (χ1) is 14.7. The summed E-state index contributed by atoms with van der Waals surface area (Å²) < 4.78 is 0. The number of aliphatic hydroxyl groups is 1. The van der Waals surface area contributed by atoms with E-state index in [1.807, 2.05) is 85.1 Å². The van der Waals surface area contributed by atoms with E-state index in [-0.39, 0.29) is 6.04 Å². The topological polar surface area (TPSA) is 58.0 Å². The molecule has 2 unspecified atom stereocenters. The van der Waals surface area contributed by atoms with Gasteiger partial charge in [-0.1, -0.05) is 91.0 Å². The molecule has 0 saturated carbocycles. The van der Waals surface area contributed by atoms with Crippen LogP contribution >= 0.6 is 0 Å². The van der Waals surface area contributed by atoms with E-state index in [2.05, 4.69) is 29.4 Å². The van der Waals surface area contributed by atoms with Crippen LogP contribution in [0.4, 0.5) is 0 Å². The molecule has 0 spiro atoms. The molecule has 30 heavy (non-hydrogen) atoms. The molecule has 4 heteroatoms. The van der Waals surface area contributed by atoms with Crippen LogP contribution in [0.15, 0.2) is 97.2 Å². The van der Waals surface area contributed by atoms with Gasteiger partial charge >= 0.3 is 0 Å². The molecule has 3 aromatic carbocycles. The molecule has 0 bridgehead atoms. The Kier molecular flexibility index (Phi) is 6.28. The first-order valence-corrected chi connectivity index (χ1v) is 10.2. The van der Waals surface area contributed by atoms with Crippen molar-refractivity contribution in [1.29, 1.82) is 0 Å². The van der Waals surface area contributed by atoms with Crippen LogP contribution in [0.5, 0.6) is 0 Å². The normalized spacial score (nSPS) is 13.0. The zero-order chi connectivity index (χ0) is 20.8. The van der Waals surface area contributed by atoms with E-state index in [1.54, 1.807) is 0 Å². The molecular weight excluding hydrogens is 370 g/mol. The third-order valence-corrected chi connectivity index (χ3v) is 5.16. The third-order valence-electron chi connectivity index (χ3n) is 5.16. The number of hydrogen-bond acceptors (Lipinski definition) is 4. The molecule has 150 valence electrons. The van der Waals surface area contributed by atoms with Gasteiger partial charge in [0.05, 0.1) is 11.8 Å². The van der Waals surface area contributed by atoms with Gasteiger partial charge in [0.1, 0.15) is 0 Å². The van der Waals surface area contributed by atoms with Crippen molar-refractivity contribution in [1.82, 2.24) is 15.3 Å². The number of nitrogens with one attached hydrogen (secondary N) is 1. The lowest BCUT2D eigenvalue weighted by Crippen LogP contribution is -2.25. The molecule has 4 nitrogen and oxygen atoms in total. The van der Waals surface area contributed by atoms with Crippen molar-refractivity contribution in [3.8, 4) is 22.6 Å². The third kappa shape index (κ3) is 4.62. The molecule has 1 heterocycles. The van der Waals surface area contributed by atoms with E-state index in [1.165, 1.54) is 0 Å². The molecule has 0 fully saturated rings. The summed E-state index contributed by atoms with van der Waals surface area (Å²) in [6, 6.07) is 29.8. The zero-order valence-corrected chi connectivity index (χ0v) is 16.9. The Hall–Kier alpha value is -3.34. The Morgan fingerprint density at radius 2 is 1.37 bits per heavy atom. The molecule has 2 N–H and O–H groups in total. The summed E-state index contributed by atoms with van der Waals surface area (Å²) in [7, 11) is 0. The van der Waals surface area contributed by atoms with E-state index in [9.17, 15) is 5.11 Å². The summed E-state index contributed by atoms with van der Waals surface area (Å²) in [6.07, 6.45) is 1.32. The number of aliphatic hydroxyl groups excluding tert-OH is 1. The Balaban J connectivity index is 1.61. The maximum absolute atomic E-state index is 10.5. The van der Waals surface area contributed by atoms with Gasteiger partial charge in [-0.3, -0.25) is 0 Å². The van der Waals surface area contributed by atoms with E-state index in [4.69, 9.17) is 4.98 Å². The molecule has 0 saturated heterocycles. The van der Waals surface area contributed by atoms with Gasteiger partial charge in [-0.2, -0.15) is 0 Å². The molecule has 0 aliphatic carbocycles. The highest BCUT2D eigenvalue weighted by molar-refractivity contribution is 5.67. The van der Waals surface area contributed by atoms with Gasteiger partial charge in [-0.25, -0.2) is 9.97 Å². The van der Waals surface area contributed by atoms with Crippen LogP contribution < -0.4 is 5.32 Å². The second-order valence-corrected chi connectivity index (χ2v) is 7.29. The van der Waals surface area contributed by atoms with Crippen LogP contribution in [-0.4, -0.2) is 21.6 Å². The first kappa shape index (κ1) is 20.0. The molecule has 0 amide bonds. The van der Waals surface area contributed by atoms with Gasteiger partial charge in [0.15, 0.2) is 5.82 Å². The van der Waals surface area contributed by atoms with E-state index >= 15 is 0 Å². The number of rotatable bonds is 7. The molecule has 4 aromatic rings. The smallest absolute Gasteiger partial charge is 0.159 e. The van der Waals surface area contributed by atoms with Crippen molar-refractivity contribution in [2.75, 3.05) is 6.54 Å². The fourth-order valence-electron chi connectivity index (χ4n) is 3.45. The lowest BCUT2D eigenvalue weighted by molar-refractivity contribution is 0.171. The maximum Gasteiger partial charge on any atom is 0.159 e. The fraction of sp³-hybridized carbons (Fsp3) is 0.154. The van der Waals surface area contributed by atoms with E-state index < -0.39 is 6.10 Å². The second-order valence-electron chi connectivity index (χ2n) is 7.29. The average molecular weight is 396 g/mol. The van der Waals surface area contributed by atoms with Gasteiger partial charge in [-0.15, -0.1) is 0 Å². The molecule has 0 aliphatic heterocycles. The minimum absolute atomic E-state index is 0.0246. The molecule has 0 radical (unpaired) electrons. The summed E-state index contributed by atoms with van der Waals surface area (Å²) in [5.74, 6) is 0.703. The minimum Gasteiger partial charge on any atom is -0.387 e. The Bertz CT molecular complexity index is 1070. The van der Waals surface area contributed by atoms with Crippen molar-refractivity contribution in [2.45, 2.75) is 19.1 Å². The summed E-state index contributed by atoms with van der Waals surface area (Å²) in [5, 5.41) is 13.9. The number of hydrogen-bond donors (Lipinski definition) is 2. The van der Waals surface area contributed by atoms with Crippen molar-refractivity contribution in [3.05, 3.63) is 108 Å². The first-order valence-electron chi connectivity index (χ1n) is 10.2. The SMILES string of the molecule is CC(NCC(O)c1ccccc1)c1cnc(-c2ccccc2)nc1-c1ccccc1. The van der Waals surface area contributed by atoms with Crippen LogP contribution in [0.25, 0.3) is 22.6 Å². The lowest BCUT2D eigenvalue weighted by Gasteiger charge is -2.20. The van der Waals surface area contributed by atoms with Gasteiger partial charge in [0.25, 0.3) is 0 Å². The van der Waals surface area contributed by atoms with Gasteiger partial charge in [-0.05, 0) is 12.5 Å². The minimum atomic E-state index is -0.571. The van der Waals surface area contributed by atoms with Crippen molar-refractivity contribution >= 4 is 0 Å². The average Bonchev–Trinajstić information content (AvgIpc) is 2.83. The number of aromatic nitrogens is 2. The van der Waals surface area contributed by atoms with Crippen molar-refractivity contribution in [3.63, 3.8) is 0 Å². The van der Waals surface area contributed by atoms with Crippen LogP contribution in [0.2, 0.25) is 0 Å². The Labute approximate surface area is 177 Å². The largest absolute Gasteiger partial charge is 0.387 e. The van der Waals surface area contributed by atoms with Crippen LogP contribution in [0, 0.1) is 0 Å². The van der Waals surface area contributed by atoms with Crippen molar-refractivity contribution < 1.29 is 5.11 Å². The van der Waals surface area contributed by atoms with Crippen LogP contribution in [0.3, 0.4) is 0 Å². The second kappa shape index (κ2) is 9.44. The highest BCUT2D eigenvalue weighted by atomic mass is 16.3. The number of benzene rings is 3. The van der Waals surface area contributed by atoms with Gasteiger partial charge in [0.2, 0.25) is 0 Å². The number of nitrogens with zero attached hydrogens (tertiary/aromatic N) is 2. The van der Waals surface area contributed by atoms with Gasteiger partial charge in [0, 0.05) is 35.5 Å². The maximum atomic E-state index is 10.5. The Morgan fingerprint density at radius 3 is 2.00 bits per heavy atom. The van der Waals surface area contributed by atoms with Crippen LogP contribution in [-0.2, 0) is 0 Å². The molecule has 1 aromatic heterocycles. The van der Waals surface area contributed by atoms with E-state index in [0.717, 1.165) is 27.9 Å². The fourth-order valence-corrected chi connectivity index (χ4v) is 3.45. The predicted octanol–water partition coefficient (Wildman–Crippen LogP) is 5.19. The lowest BCUT2D eigenvalue weighted by atomic mass is 10.0. The highest BCUT2D eigenvalue weighted by Crippen LogP contribution is 2.28. The standard InChI is InChI=1S/C26H25N3O/c1-19(27-18-24(30)20-11-5-2-6-12-20)23-17-28-26(22-15-9-4-10-16-22)29-25(23)21-13-7-3-8-14-21/h2-17,19,24,27,30H,18H2,1H3. The van der Waals surface area contributed by atoms with Crippen molar-refractivity contribution in [2.24, 2.45) is 0 Å². The molecule has 0 aliphatic rings. The summed E-state index contributed by atoms with van der Waals surface area (Å²) >= 11 is 0. The van der Waals surface area contributed by atoms with E-state index in [0.29, 0.717) is 12.4 Å².